The first-order chi connectivity index (χ1) is 9.87. The van der Waals surface area contributed by atoms with E-state index >= 15 is 0 Å². The number of benzene rings is 1. The Bertz CT molecular complexity index is 408. The van der Waals surface area contributed by atoms with Gasteiger partial charge in [-0.05, 0) is 37.2 Å². The van der Waals surface area contributed by atoms with Crippen LogP contribution < -0.4 is 11.3 Å². The van der Waals surface area contributed by atoms with Crippen LogP contribution in [0.4, 0.5) is 0 Å². The van der Waals surface area contributed by atoms with Gasteiger partial charge in [0.2, 0.25) is 0 Å². The molecule has 1 unspecified atom stereocenters. The van der Waals surface area contributed by atoms with Gasteiger partial charge >= 0.3 is 0 Å². The van der Waals surface area contributed by atoms with Crippen molar-refractivity contribution in [2.24, 2.45) is 11.8 Å². The van der Waals surface area contributed by atoms with Gasteiger partial charge in [-0.1, -0.05) is 43.2 Å². The summed E-state index contributed by atoms with van der Waals surface area (Å²) in [5.41, 5.74) is 4.77. The van der Waals surface area contributed by atoms with Crippen molar-refractivity contribution in [2.45, 2.75) is 50.0 Å². The molecule has 1 aromatic carbocycles. The van der Waals surface area contributed by atoms with Crippen LogP contribution in [-0.2, 0) is 10.2 Å². The van der Waals surface area contributed by atoms with Crippen LogP contribution in [0.3, 0.4) is 0 Å². The van der Waals surface area contributed by atoms with Crippen molar-refractivity contribution < 1.29 is 4.74 Å². The summed E-state index contributed by atoms with van der Waals surface area (Å²) in [5, 5.41) is 0. The van der Waals surface area contributed by atoms with Crippen molar-refractivity contribution in [1.82, 2.24) is 5.43 Å². The first kappa shape index (κ1) is 14.1. The molecular weight excluding hydrogens is 248 g/mol. The number of hydrogen-bond acceptors (Lipinski definition) is 3. The van der Waals surface area contributed by atoms with Gasteiger partial charge in [-0.3, -0.25) is 11.3 Å². The van der Waals surface area contributed by atoms with Crippen LogP contribution in [0.5, 0.6) is 0 Å². The summed E-state index contributed by atoms with van der Waals surface area (Å²) in [4.78, 5) is 0. The van der Waals surface area contributed by atoms with Gasteiger partial charge in [0.15, 0.2) is 0 Å². The normalized spacial score (nSPS) is 24.6. The Balaban J connectivity index is 1.95. The van der Waals surface area contributed by atoms with Gasteiger partial charge in [0.05, 0.1) is 0 Å². The van der Waals surface area contributed by atoms with E-state index in [-0.39, 0.29) is 5.41 Å². The smallest absolute Gasteiger partial charge is 0.0475 e. The lowest BCUT2D eigenvalue weighted by atomic mass is 9.65. The molecule has 2 fully saturated rings. The number of nitrogens with two attached hydrogens (primary N) is 1. The molecule has 0 bridgehead atoms. The third kappa shape index (κ3) is 2.50. The largest absolute Gasteiger partial charge is 0.381 e. The topological polar surface area (TPSA) is 47.3 Å². The lowest BCUT2D eigenvalue weighted by molar-refractivity contribution is 0.0239. The van der Waals surface area contributed by atoms with Crippen molar-refractivity contribution in [3.63, 3.8) is 0 Å². The van der Waals surface area contributed by atoms with Crippen molar-refractivity contribution in [3.05, 3.63) is 35.9 Å². The molecule has 0 spiro atoms. The Kier molecular flexibility index (Phi) is 4.39. The highest BCUT2D eigenvalue weighted by molar-refractivity contribution is 5.29. The molecule has 3 heteroatoms. The van der Waals surface area contributed by atoms with Gasteiger partial charge < -0.3 is 4.74 Å². The summed E-state index contributed by atoms with van der Waals surface area (Å²) >= 11 is 0. The minimum Gasteiger partial charge on any atom is -0.381 e. The molecule has 0 aromatic heterocycles. The first-order valence-corrected chi connectivity index (χ1v) is 7.96. The fourth-order valence-electron chi connectivity index (χ4n) is 4.32. The highest BCUT2D eigenvalue weighted by Gasteiger charge is 2.45. The molecule has 1 saturated heterocycles. The Labute approximate surface area is 121 Å². The molecule has 1 aromatic rings. The zero-order valence-electron chi connectivity index (χ0n) is 12.2. The van der Waals surface area contributed by atoms with Crippen molar-refractivity contribution >= 4 is 0 Å². The maximum Gasteiger partial charge on any atom is 0.0475 e. The minimum atomic E-state index is 0.142. The summed E-state index contributed by atoms with van der Waals surface area (Å²) in [5.74, 6) is 6.72. The van der Waals surface area contributed by atoms with Gasteiger partial charge in [-0.2, -0.15) is 0 Å². The van der Waals surface area contributed by atoms with Gasteiger partial charge in [0.1, 0.15) is 0 Å². The maximum atomic E-state index is 6.02. The summed E-state index contributed by atoms with van der Waals surface area (Å²) in [7, 11) is 0. The van der Waals surface area contributed by atoms with Crippen LogP contribution in [0, 0.1) is 5.92 Å². The number of ether oxygens (including phenoxy) is 1. The molecular formula is C17H26N2O. The molecule has 110 valence electrons. The second-order valence-corrected chi connectivity index (χ2v) is 6.32. The van der Waals surface area contributed by atoms with Crippen LogP contribution in [0.2, 0.25) is 0 Å². The molecule has 1 saturated carbocycles. The van der Waals surface area contributed by atoms with E-state index in [1.807, 2.05) is 0 Å². The van der Waals surface area contributed by atoms with Crippen LogP contribution in [0.25, 0.3) is 0 Å². The van der Waals surface area contributed by atoms with E-state index in [0.29, 0.717) is 12.0 Å². The van der Waals surface area contributed by atoms with Gasteiger partial charge in [0, 0.05) is 24.7 Å². The van der Waals surface area contributed by atoms with Crippen LogP contribution in [-0.4, -0.2) is 19.3 Å². The van der Waals surface area contributed by atoms with Crippen molar-refractivity contribution in [2.75, 3.05) is 13.2 Å². The van der Waals surface area contributed by atoms with Crippen LogP contribution in [0.1, 0.15) is 44.1 Å². The van der Waals surface area contributed by atoms with Crippen molar-refractivity contribution in [3.8, 4) is 0 Å². The summed E-state index contributed by atoms with van der Waals surface area (Å²) in [6.45, 7) is 1.69. The van der Waals surface area contributed by atoms with E-state index in [2.05, 4.69) is 35.8 Å². The van der Waals surface area contributed by atoms with Gasteiger partial charge in [-0.15, -0.1) is 0 Å². The molecule has 1 aliphatic carbocycles. The summed E-state index contributed by atoms with van der Waals surface area (Å²) in [6.07, 6.45) is 7.47. The first-order valence-electron chi connectivity index (χ1n) is 7.96. The van der Waals surface area contributed by atoms with Gasteiger partial charge in [-0.25, -0.2) is 0 Å². The predicted octanol–water partition coefficient (Wildman–Crippen LogP) is 2.76. The second-order valence-electron chi connectivity index (χ2n) is 6.32. The fraction of sp³-hybridized carbons (Fsp3) is 0.647. The molecule has 1 aliphatic heterocycles. The fourth-order valence-corrected chi connectivity index (χ4v) is 4.32. The van der Waals surface area contributed by atoms with E-state index in [1.165, 1.54) is 31.2 Å². The third-order valence-electron chi connectivity index (χ3n) is 5.38. The number of rotatable bonds is 4. The summed E-state index contributed by atoms with van der Waals surface area (Å²) < 4.78 is 5.63. The predicted molar refractivity (Wildman–Crippen MR) is 81.2 cm³/mol. The Morgan fingerprint density at radius 1 is 1.10 bits per heavy atom. The monoisotopic (exact) mass is 274 g/mol. The van der Waals surface area contributed by atoms with Gasteiger partial charge in [0.25, 0.3) is 0 Å². The number of nitrogens with one attached hydrogen (secondary N) is 1. The third-order valence-corrected chi connectivity index (χ3v) is 5.38. The van der Waals surface area contributed by atoms with Crippen LogP contribution in [0.15, 0.2) is 30.3 Å². The standard InChI is InChI=1S/C17H26N2O/c18-19-16(14-6-4-5-7-14)17(10-12-20-13-11-17)15-8-2-1-3-9-15/h1-3,8-9,14,16,19H,4-7,10-13,18H2. The molecule has 3 rings (SSSR count). The quantitative estimate of drug-likeness (QED) is 0.655. The number of hydrazine groups is 1. The van der Waals surface area contributed by atoms with E-state index < -0.39 is 0 Å². The minimum absolute atomic E-state index is 0.142. The molecule has 1 heterocycles. The SMILES string of the molecule is NNC(C1CCCC1)C1(c2ccccc2)CCOCC1. The second kappa shape index (κ2) is 6.25. The average molecular weight is 274 g/mol. The summed E-state index contributed by atoms with van der Waals surface area (Å²) in [6, 6.07) is 11.3. The lowest BCUT2D eigenvalue weighted by Gasteiger charge is -2.46. The van der Waals surface area contributed by atoms with E-state index in [0.717, 1.165) is 26.1 Å². The highest BCUT2D eigenvalue weighted by atomic mass is 16.5. The zero-order valence-corrected chi connectivity index (χ0v) is 12.2. The lowest BCUT2D eigenvalue weighted by Crippen LogP contribution is -2.56. The Hall–Kier alpha value is -0.900. The van der Waals surface area contributed by atoms with E-state index in [4.69, 9.17) is 10.6 Å². The molecule has 2 aliphatic rings. The molecule has 3 nitrogen and oxygen atoms in total. The van der Waals surface area contributed by atoms with Crippen LogP contribution >= 0.6 is 0 Å². The Morgan fingerprint density at radius 2 is 1.75 bits per heavy atom. The average Bonchev–Trinajstić information content (AvgIpc) is 3.04. The molecule has 0 amide bonds. The molecule has 3 N–H and O–H groups in total. The van der Waals surface area contributed by atoms with Crippen molar-refractivity contribution in [1.29, 1.82) is 0 Å². The van der Waals surface area contributed by atoms with E-state index in [1.54, 1.807) is 0 Å². The number of hydrogen-bond donors (Lipinski definition) is 2. The Morgan fingerprint density at radius 3 is 2.35 bits per heavy atom. The molecule has 1 atom stereocenters. The molecule has 0 radical (unpaired) electrons. The zero-order chi connectivity index (χ0) is 13.8. The van der Waals surface area contributed by atoms with E-state index in [9.17, 15) is 0 Å². The maximum absolute atomic E-state index is 6.02. The molecule has 20 heavy (non-hydrogen) atoms. The highest BCUT2D eigenvalue weighted by Crippen LogP contribution is 2.44.